The number of carbonyl (C=O) groups excluding carboxylic acids is 4. The van der Waals surface area contributed by atoms with Crippen LogP contribution in [-0.4, -0.2) is 95.4 Å². The lowest BCUT2D eigenvalue weighted by Crippen LogP contribution is -2.60. The molecule has 2 heterocycles. The van der Waals surface area contributed by atoms with Crippen LogP contribution in [0.25, 0.3) is 10.8 Å². The van der Waals surface area contributed by atoms with Gasteiger partial charge in [-0.05, 0) is 64.0 Å². The molecule has 0 spiro atoms. The normalized spacial score (nSPS) is 22.9. The van der Waals surface area contributed by atoms with E-state index in [1.807, 2.05) is 30.3 Å². The lowest BCUT2D eigenvalue weighted by Gasteiger charge is -2.36. The highest BCUT2D eigenvalue weighted by Gasteiger charge is 2.61. The van der Waals surface area contributed by atoms with Crippen molar-refractivity contribution >= 4 is 44.8 Å². The molecule has 1 aliphatic carbocycles. The second-order valence-corrected chi connectivity index (χ2v) is 17.0. The Kier molecular flexibility index (Phi) is 10.9. The third-order valence-electron chi connectivity index (χ3n) is 8.92. The van der Waals surface area contributed by atoms with Crippen LogP contribution in [0.5, 0.6) is 5.88 Å². The number of pyridine rings is 1. The molecule has 15 heteroatoms. The van der Waals surface area contributed by atoms with Crippen LogP contribution in [0.15, 0.2) is 49.2 Å². The molecule has 1 aliphatic heterocycles. The molecule has 4 rings (SSSR count). The number of carbonyl (C=O) groups is 4. The van der Waals surface area contributed by atoms with Gasteiger partial charge >= 0.3 is 16.3 Å². The number of hydrogen-bond donors (Lipinski definition) is 3. The van der Waals surface area contributed by atoms with Crippen LogP contribution >= 0.6 is 0 Å². The Morgan fingerprint density at radius 1 is 1.10 bits per heavy atom. The van der Waals surface area contributed by atoms with E-state index in [4.69, 9.17) is 9.47 Å². The molecular formula is C35H50N6O8S. The van der Waals surface area contributed by atoms with Crippen LogP contribution < -0.4 is 20.1 Å². The lowest BCUT2D eigenvalue weighted by molar-refractivity contribution is -0.143. The number of fused-ring (bicyclic) bond motifs is 1. The predicted molar refractivity (Wildman–Crippen MR) is 188 cm³/mol. The smallest absolute Gasteiger partial charge is 0.408 e. The van der Waals surface area contributed by atoms with E-state index in [-0.39, 0.29) is 19.4 Å². The van der Waals surface area contributed by atoms with E-state index in [9.17, 15) is 27.6 Å². The largest absolute Gasteiger partial charge is 0.472 e. The van der Waals surface area contributed by atoms with E-state index in [2.05, 4.69) is 26.9 Å². The highest BCUT2D eigenvalue weighted by molar-refractivity contribution is 7.87. The Balaban J connectivity index is 1.66. The molecule has 50 heavy (non-hydrogen) atoms. The quantitative estimate of drug-likeness (QED) is 0.295. The predicted octanol–water partition coefficient (Wildman–Crippen LogP) is 3.28. The molecule has 0 radical (unpaired) electrons. The van der Waals surface area contributed by atoms with E-state index >= 15 is 0 Å². The van der Waals surface area contributed by atoms with Crippen molar-refractivity contribution < 1.29 is 37.1 Å². The minimum absolute atomic E-state index is 0.0244. The molecule has 4 amide bonds. The van der Waals surface area contributed by atoms with Gasteiger partial charge in [0, 0.05) is 37.0 Å². The molecule has 274 valence electrons. The summed E-state index contributed by atoms with van der Waals surface area (Å²) in [7, 11) is -2.88. The molecule has 1 aromatic carbocycles. The van der Waals surface area contributed by atoms with Gasteiger partial charge in [0.05, 0.1) is 6.54 Å². The number of amides is 4. The molecule has 5 atom stereocenters. The molecule has 0 bridgehead atoms. The average molecular weight is 715 g/mol. The minimum atomic E-state index is -4.22. The van der Waals surface area contributed by atoms with E-state index < -0.39 is 80.7 Å². The maximum absolute atomic E-state index is 14.4. The summed E-state index contributed by atoms with van der Waals surface area (Å²) in [6.45, 7) is 17.5. The summed E-state index contributed by atoms with van der Waals surface area (Å²) >= 11 is 0. The second-order valence-electron chi connectivity index (χ2n) is 15.3. The van der Waals surface area contributed by atoms with E-state index in [1.165, 1.54) is 18.0 Å². The van der Waals surface area contributed by atoms with Gasteiger partial charge in [-0.15, -0.1) is 6.58 Å². The highest BCUT2D eigenvalue weighted by atomic mass is 32.2. The van der Waals surface area contributed by atoms with Crippen molar-refractivity contribution in [2.45, 2.75) is 104 Å². The molecule has 1 aromatic heterocycles. The number of benzene rings is 1. The van der Waals surface area contributed by atoms with Crippen molar-refractivity contribution in [2.24, 2.45) is 11.3 Å². The molecular weight excluding hydrogens is 664 g/mol. The number of ether oxygens (including phenoxy) is 2. The molecule has 1 saturated carbocycles. The average Bonchev–Trinajstić information content (AvgIpc) is 3.56. The van der Waals surface area contributed by atoms with Gasteiger partial charge in [-0.25, -0.2) is 14.5 Å². The van der Waals surface area contributed by atoms with Crippen LogP contribution in [-0.2, 0) is 29.3 Å². The van der Waals surface area contributed by atoms with Crippen molar-refractivity contribution in [1.82, 2.24) is 29.5 Å². The van der Waals surface area contributed by atoms with Gasteiger partial charge in [0.2, 0.25) is 17.7 Å². The van der Waals surface area contributed by atoms with Gasteiger partial charge < -0.3 is 25.0 Å². The fourth-order valence-corrected chi connectivity index (χ4v) is 6.97. The van der Waals surface area contributed by atoms with Gasteiger partial charge in [0.1, 0.15) is 29.3 Å². The summed E-state index contributed by atoms with van der Waals surface area (Å²) in [4.78, 5) is 60.8. The fourth-order valence-electron chi connectivity index (χ4n) is 5.85. The molecule has 2 aliphatic rings. The molecule has 2 aromatic rings. The van der Waals surface area contributed by atoms with Crippen LogP contribution in [0.1, 0.15) is 68.2 Å². The standard InChI is InChI=1S/C35H50N6O8S/c1-11-23-19-35(23,31(44)39-50(46,47)40(10)21(2)3)38-28(42)26-18-24(48-29-25-15-13-12-14-22(25)16-17-36-29)20-41(26)30(43)27(33(4,5)6)37-32(45)49-34(7,8)9/h11-17,21,23-24,26-27H,1,18-20H2,2-10H3,(H,37,45)(H,38,42)(H,39,44)/t23?,24-,26+,27-,35-/m1/s1. The summed E-state index contributed by atoms with van der Waals surface area (Å²) < 4.78 is 40.7. The zero-order chi connectivity index (χ0) is 37.4. The Morgan fingerprint density at radius 2 is 1.76 bits per heavy atom. The third kappa shape index (κ3) is 8.55. The van der Waals surface area contributed by atoms with Gasteiger partial charge in [-0.2, -0.15) is 12.7 Å². The summed E-state index contributed by atoms with van der Waals surface area (Å²) in [6, 6.07) is 6.65. The Hall–Kier alpha value is -4.24. The van der Waals surface area contributed by atoms with Crippen LogP contribution in [0.4, 0.5) is 4.79 Å². The van der Waals surface area contributed by atoms with Crippen molar-refractivity contribution in [2.75, 3.05) is 13.6 Å². The number of alkyl carbamates (subject to hydrolysis) is 1. The highest BCUT2D eigenvalue weighted by Crippen LogP contribution is 2.45. The van der Waals surface area contributed by atoms with Crippen molar-refractivity contribution in [3.05, 3.63) is 49.2 Å². The first-order chi connectivity index (χ1) is 23.1. The Morgan fingerprint density at radius 3 is 2.34 bits per heavy atom. The number of hydrogen-bond acceptors (Lipinski definition) is 9. The SMILES string of the molecule is C=CC1C[C@]1(NC(=O)[C@@H]1C[C@@H](Oc2nccc3ccccc23)CN1C(=O)[C@@H](NC(=O)OC(C)(C)C)C(C)(C)C)C(=O)NS(=O)(=O)N(C)C(C)C. The van der Waals surface area contributed by atoms with Gasteiger partial charge in [0.15, 0.2) is 0 Å². The minimum Gasteiger partial charge on any atom is -0.472 e. The third-order valence-corrected chi connectivity index (χ3v) is 10.5. The molecule has 1 saturated heterocycles. The second kappa shape index (κ2) is 14.2. The Bertz CT molecular complexity index is 1750. The van der Waals surface area contributed by atoms with E-state index in [0.717, 1.165) is 15.1 Å². The first-order valence-corrected chi connectivity index (χ1v) is 18.1. The number of likely N-dealkylation sites (tertiary alicyclic amines) is 1. The van der Waals surface area contributed by atoms with Crippen LogP contribution in [0.2, 0.25) is 0 Å². The summed E-state index contributed by atoms with van der Waals surface area (Å²) in [6.07, 6.45) is 1.73. The summed E-state index contributed by atoms with van der Waals surface area (Å²) in [5, 5.41) is 7.10. The zero-order valence-corrected chi connectivity index (χ0v) is 31.1. The maximum atomic E-state index is 14.4. The molecule has 2 fully saturated rings. The first kappa shape index (κ1) is 38.6. The fraction of sp³-hybridized carbons (Fsp3) is 0.571. The zero-order valence-electron chi connectivity index (χ0n) is 30.3. The van der Waals surface area contributed by atoms with Gasteiger partial charge in [-0.3, -0.25) is 14.4 Å². The van der Waals surface area contributed by atoms with Crippen LogP contribution in [0.3, 0.4) is 0 Å². The first-order valence-electron chi connectivity index (χ1n) is 16.6. The molecule has 14 nitrogen and oxygen atoms in total. The number of nitrogens with zero attached hydrogens (tertiary/aromatic N) is 3. The number of nitrogens with one attached hydrogen (secondary N) is 3. The number of aromatic nitrogens is 1. The van der Waals surface area contributed by atoms with Crippen molar-refractivity contribution in [3.8, 4) is 5.88 Å². The Labute approximate surface area is 294 Å². The summed E-state index contributed by atoms with van der Waals surface area (Å²) in [5.41, 5.74) is -3.24. The molecule has 3 N–H and O–H groups in total. The number of rotatable bonds is 11. The van der Waals surface area contributed by atoms with Gasteiger partial charge in [-0.1, -0.05) is 45.0 Å². The topological polar surface area (TPSA) is 176 Å². The van der Waals surface area contributed by atoms with E-state index in [0.29, 0.717) is 5.88 Å². The molecule has 1 unspecified atom stereocenters. The summed E-state index contributed by atoms with van der Waals surface area (Å²) in [5.74, 6) is -2.39. The monoisotopic (exact) mass is 714 g/mol. The van der Waals surface area contributed by atoms with Crippen molar-refractivity contribution in [1.29, 1.82) is 0 Å². The van der Waals surface area contributed by atoms with Gasteiger partial charge in [0.25, 0.3) is 5.91 Å². The maximum Gasteiger partial charge on any atom is 0.408 e. The van der Waals surface area contributed by atoms with Crippen molar-refractivity contribution in [3.63, 3.8) is 0 Å². The van der Waals surface area contributed by atoms with Crippen LogP contribution in [0, 0.1) is 11.3 Å². The lowest BCUT2D eigenvalue weighted by atomic mass is 9.85. The van der Waals surface area contributed by atoms with E-state index in [1.54, 1.807) is 61.6 Å².